The molecule has 0 radical (unpaired) electrons. The molecular formula is C19H20N4O. The maximum Gasteiger partial charge on any atom is 0.225 e. The molecule has 0 bridgehead atoms. The van der Waals surface area contributed by atoms with Crippen LogP contribution in [0.3, 0.4) is 0 Å². The molecule has 24 heavy (non-hydrogen) atoms. The van der Waals surface area contributed by atoms with Gasteiger partial charge < -0.3 is 5.32 Å². The molecule has 1 unspecified atom stereocenters. The molecule has 0 saturated heterocycles. The van der Waals surface area contributed by atoms with E-state index in [0.29, 0.717) is 6.42 Å². The summed E-state index contributed by atoms with van der Waals surface area (Å²) < 4.78 is 0. The van der Waals surface area contributed by atoms with Gasteiger partial charge in [-0.2, -0.15) is 5.10 Å². The summed E-state index contributed by atoms with van der Waals surface area (Å²) in [6, 6.07) is 13.5. The summed E-state index contributed by atoms with van der Waals surface area (Å²) >= 11 is 0. The minimum Gasteiger partial charge on any atom is -0.345 e. The summed E-state index contributed by atoms with van der Waals surface area (Å²) in [6.07, 6.45) is 3.82. The molecule has 5 nitrogen and oxygen atoms in total. The summed E-state index contributed by atoms with van der Waals surface area (Å²) in [5, 5.41) is 10.2. The normalized spacial score (nSPS) is 11.9. The molecule has 1 aromatic carbocycles. The van der Waals surface area contributed by atoms with Crippen molar-refractivity contribution in [3.63, 3.8) is 0 Å². The molecule has 0 aliphatic rings. The average Bonchev–Trinajstić information content (AvgIpc) is 2.93. The second kappa shape index (κ2) is 7.08. The molecule has 2 aromatic heterocycles. The molecule has 3 rings (SSSR count). The maximum absolute atomic E-state index is 12.6. The van der Waals surface area contributed by atoms with E-state index >= 15 is 0 Å². The topological polar surface area (TPSA) is 70.7 Å². The molecule has 1 atom stereocenters. The number of amides is 1. The van der Waals surface area contributed by atoms with Crippen LogP contribution < -0.4 is 5.32 Å². The Morgan fingerprint density at radius 1 is 1.12 bits per heavy atom. The molecule has 0 saturated carbocycles. The van der Waals surface area contributed by atoms with E-state index in [1.165, 1.54) is 0 Å². The van der Waals surface area contributed by atoms with Crippen molar-refractivity contribution in [2.24, 2.45) is 0 Å². The van der Waals surface area contributed by atoms with Gasteiger partial charge in [0.2, 0.25) is 5.91 Å². The van der Waals surface area contributed by atoms with Gasteiger partial charge in [-0.05, 0) is 31.0 Å². The molecule has 2 N–H and O–H groups in total. The first-order valence-electron chi connectivity index (χ1n) is 7.90. The Morgan fingerprint density at radius 2 is 1.88 bits per heavy atom. The van der Waals surface area contributed by atoms with E-state index in [0.717, 1.165) is 28.1 Å². The second-order valence-corrected chi connectivity index (χ2v) is 5.79. The van der Waals surface area contributed by atoms with E-state index in [-0.39, 0.29) is 11.9 Å². The Labute approximate surface area is 141 Å². The largest absolute Gasteiger partial charge is 0.345 e. The fourth-order valence-corrected chi connectivity index (χ4v) is 2.76. The lowest BCUT2D eigenvalue weighted by Gasteiger charge is -2.19. The summed E-state index contributed by atoms with van der Waals surface area (Å²) in [5.74, 6) is -0.0414. The van der Waals surface area contributed by atoms with Crippen LogP contribution in [-0.2, 0) is 11.2 Å². The second-order valence-electron chi connectivity index (χ2n) is 5.79. The Kier molecular flexibility index (Phi) is 4.70. The van der Waals surface area contributed by atoms with Gasteiger partial charge in [-0.1, -0.05) is 36.4 Å². The Morgan fingerprint density at radius 3 is 2.50 bits per heavy atom. The van der Waals surface area contributed by atoms with Gasteiger partial charge in [0.15, 0.2) is 0 Å². The Hall–Kier alpha value is -2.95. The molecule has 3 aromatic rings. The average molecular weight is 320 g/mol. The summed E-state index contributed by atoms with van der Waals surface area (Å²) in [7, 11) is 0. The van der Waals surface area contributed by atoms with E-state index in [1.807, 2.05) is 56.3 Å². The third kappa shape index (κ3) is 3.51. The van der Waals surface area contributed by atoms with Crippen LogP contribution in [0.1, 0.15) is 34.1 Å². The van der Waals surface area contributed by atoms with E-state index in [9.17, 15) is 4.79 Å². The van der Waals surface area contributed by atoms with E-state index in [4.69, 9.17) is 0 Å². The predicted octanol–water partition coefficient (Wildman–Crippen LogP) is 2.87. The number of hydrogen-bond acceptors (Lipinski definition) is 3. The first kappa shape index (κ1) is 15.9. The standard InChI is InChI=1S/C19H20N4O/c1-13-17(14(2)23-22-13)11-18(24)21-19(15-7-4-3-5-8-15)16-9-6-10-20-12-16/h3-10,12,19H,11H2,1-2H3,(H,21,24)(H,22,23). The highest BCUT2D eigenvalue weighted by atomic mass is 16.1. The number of hydrogen-bond donors (Lipinski definition) is 2. The number of aryl methyl sites for hydroxylation is 2. The zero-order valence-electron chi connectivity index (χ0n) is 13.8. The number of aromatic nitrogens is 3. The van der Waals surface area contributed by atoms with Gasteiger partial charge >= 0.3 is 0 Å². The number of nitrogens with zero attached hydrogens (tertiary/aromatic N) is 2. The zero-order valence-corrected chi connectivity index (χ0v) is 13.8. The van der Waals surface area contributed by atoms with Crippen molar-refractivity contribution in [2.75, 3.05) is 0 Å². The molecule has 0 spiro atoms. The first-order valence-corrected chi connectivity index (χ1v) is 7.90. The Balaban J connectivity index is 1.83. The smallest absolute Gasteiger partial charge is 0.225 e. The zero-order chi connectivity index (χ0) is 16.9. The number of benzene rings is 1. The van der Waals surface area contributed by atoms with Crippen molar-refractivity contribution in [2.45, 2.75) is 26.3 Å². The van der Waals surface area contributed by atoms with Crippen molar-refractivity contribution in [3.05, 3.63) is 82.9 Å². The number of nitrogens with one attached hydrogen (secondary N) is 2. The highest BCUT2D eigenvalue weighted by Crippen LogP contribution is 2.21. The van der Waals surface area contributed by atoms with Crippen LogP contribution in [0.2, 0.25) is 0 Å². The third-order valence-electron chi connectivity index (χ3n) is 4.07. The van der Waals surface area contributed by atoms with E-state index in [2.05, 4.69) is 20.5 Å². The summed E-state index contributed by atoms with van der Waals surface area (Å²) in [6.45, 7) is 3.83. The Bertz CT molecular complexity index is 753. The quantitative estimate of drug-likeness (QED) is 0.759. The summed E-state index contributed by atoms with van der Waals surface area (Å²) in [5.41, 5.74) is 4.73. The van der Waals surface area contributed by atoms with Crippen LogP contribution >= 0.6 is 0 Å². The molecule has 122 valence electrons. The lowest BCUT2D eigenvalue weighted by Crippen LogP contribution is -2.30. The van der Waals surface area contributed by atoms with Crippen LogP contribution in [0, 0.1) is 13.8 Å². The fraction of sp³-hybridized carbons (Fsp3) is 0.211. The number of rotatable bonds is 5. The lowest BCUT2D eigenvalue weighted by molar-refractivity contribution is -0.121. The molecule has 0 aliphatic heterocycles. The third-order valence-corrected chi connectivity index (χ3v) is 4.07. The number of H-pyrrole nitrogens is 1. The molecule has 2 heterocycles. The van der Waals surface area contributed by atoms with Crippen LogP contribution in [0.5, 0.6) is 0 Å². The maximum atomic E-state index is 12.6. The van der Waals surface area contributed by atoms with E-state index in [1.54, 1.807) is 12.4 Å². The highest BCUT2D eigenvalue weighted by Gasteiger charge is 2.18. The lowest BCUT2D eigenvalue weighted by atomic mass is 9.99. The van der Waals surface area contributed by atoms with Crippen LogP contribution in [0.15, 0.2) is 54.9 Å². The number of carbonyl (C=O) groups excluding carboxylic acids is 1. The minimum absolute atomic E-state index is 0.0414. The van der Waals surface area contributed by atoms with Gasteiger partial charge in [0.25, 0.3) is 0 Å². The van der Waals surface area contributed by atoms with Crippen molar-refractivity contribution < 1.29 is 4.79 Å². The predicted molar refractivity (Wildman–Crippen MR) is 92.4 cm³/mol. The van der Waals surface area contributed by atoms with Crippen LogP contribution in [0.25, 0.3) is 0 Å². The van der Waals surface area contributed by atoms with Gasteiger partial charge in [-0.15, -0.1) is 0 Å². The number of carbonyl (C=O) groups is 1. The van der Waals surface area contributed by atoms with Gasteiger partial charge in [-0.25, -0.2) is 0 Å². The highest BCUT2D eigenvalue weighted by molar-refractivity contribution is 5.80. The van der Waals surface area contributed by atoms with Crippen molar-refractivity contribution >= 4 is 5.91 Å². The van der Waals surface area contributed by atoms with E-state index < -0.39 is 0 Å². The fourth-order valence-electron chi connectivity index (χ4n) is 2.76. The monoisotopic (exact) mass is 320 g/mol. The SMILES string of the molecule is Cc1n[nH]c(C)c1CC(=O)NC(c1ccccc1)c1cccnc1. The number of pyridine rings is 1. The molecule has 5 heteroatoms. The van der Waals surface area contributed by atoms with Gasteiger partial charge in [-0.3, -0.25) is 14.9 Å². The van der Waals surface area contributed by atoms with Crippen LogP contribution in [0.4, 0.5) is 0 Å². The summed E-state index contributed by atoms with van der Waals surface area (Å²) in [4.78, 5) is 16.8. The van der Waals surface area contributed by atoms with Gasteiger partial charge in [0.05, 0.1) is 18.2 Å². The molecule has 0 aliphatic carbocycles. The van der Waals surface area contributed by atoms with Gasteiger partial charge in [0.1, 0.15) is 0 Å². The molecular weight excluding hydrogens is 300 g/mol. The van der Waals surface area contributed by atoms with Crippen molar-refractivity contribution in [1.29, 1.82) is 0 Å². The van der Waals surface area contributed by atoms with Crippen molar-refractivity contribution in [1.82, 2.24) is 20.5 Å². The first-order chi connectivity index (χ1) is 11.6. The van der Waals surface area contributed by atoms with Crippen molar-refractivity contribution in [3.8, 4) is 0 Å². The number of aromatic amines is 1. The van der Waals surface area contributed by atoms with Gasteiger partial charge in [0, 0.05) is 23.7 Å². The van der Waals surface area contributed by atoms with Crippen LogP contribution in [-0.4, -0.2) is 21.1 Å². The molecule has 0 fully saturated rings. The minimum atomic E-state index is -0.222. The molecule has 1 amide bonds.